The lowest BCUT2D eigenvalue weighted by molar-refractivity contribution is 0.219. The molecule has 12 heteroatoms. The average Bonchev–Trinajstić information content (AvgIpc) is 3.48. The molecule has 204 valence electrons. The van der Waals surface area contributed by atoms with Gasteiger partial charge >= 0.3 is 0 Å². The van der Waals surface area contributed by atoms with Crippen LogP contribution < -0.4 is 4.74 Å². The minimum Gasteiger partial charge on any atom is -0.493 e. The highest BCUT2D eigenvalue weighted by Crippen LogP contribution is 2.41. The number of aromatic nitrogens is 5. The van der Waals surface area contributed by atoms with Gasteiger partial charge in [0, 0.05) is 42.3 Å². The van der Waals surface area contributed by atoms with Gasteiger partial charge in [-0.15, -0.1) is 0 Å². The first-order valence-electron chi connectivity index (χ1n) is 12.9. The highest BCUT2D eigenvalue weighted by atomic mass is 32.2. The van der Waals surface area contributed by atoms with Crippen LogP contribution in [0.1, 0.15) is 30.0 Å². The third-order valence-corrected chi connectivity index (χ3v) is 8.31. The van der Waals surface area contributed by atoms with Crippen molar-refractivity contribution in [3.05, 3.63) is 71.7 Å². The number of piperidine rings is 1. The lowest BCUT2D eigenvalue weighted by atomic mass is 9.89. The second-order valence-electron chi connectivity index (χ2n) is 10.0. The van der Waals surface area contributed by atoms with Crippen molar-refractivity contribution in [1.29, 1.82) is 0 Å². The summed E-state index contributed by atoms with van der Waals surface area (Å²) in [6.45, 7) is 2.47. The Balaban J connectivity index is 1.44. The van der Waals surface area contributed by atoms with Gasteiger partial charge in [-0.2, -0.15) is 19.9 Å². The monoisotopic (exact) mass is 554 g/mol. The van der Waals surface area contributed by atoms with E-state index in [9.17, 15) is 17.2 Å². The van der Waals surface area contributed by atoms with Crippen LogP contribution in [0.25, 0.3) is 22.9 Å². The first-order valence-corrected chi connectivity index (χ1v) is 14.9. The van der Waals surface area contributed by atoms with Gasteiger partial charge in [-0.3, -0.25) is 0 Å². The van der Waals surface area contributed by atoms with Crippen molar-refractivity contribution in [3.63, 3.8) is 0 Å². The van der Waals surface area contributed by atoms with Crippen LogP contribution in [0.15, 0.2) is 48.8 Å². The number of benzene rings is 2. The Bertz CT molecular complexity index is 1630. The summed E-state index contributed by atoms with van der Waals surface area (Å²) >= 11 is 0. The van der Waals surface area contributed by atoms with Crippen LogP contribution in [-0.2, 0) is 16.3 Å². The predicted molar refractivity (Wildman–Crippen MR) is 141 cm³/mol. The number of nitrogens with zero attached hydrogens (tertiary/aromatic N) is 6. The van der Waals surface area contributed by atoms with Gasteiger partial charge in [0.1, 0.15) is 39.1 Å². The second-order valence-corrected chi connectivity index (χ2v) is 12.3. The molecule has 0 atom stereocenters. The molecule has 39 heavy (non-hydrogen) atoms. The zero-order valence-corrected chi connectivity index (χ0v) is 22.2. The minimum atomic E-state index is -3.04. The first-order chi connectivity index (χ1) is 18.8. The normalized spacial score (nSPS) is 16.4. The van der Waals surface area contributed by atoms with Crippen LogP contribution in [0.5, 0.6) is 5.75 Å². The molecule has 0 N–H and O–H groups in total. The van der Waals surface area contributed by atoms with Gasteiger partial charge in [0.15, 0.2) is 5.82 Å². The molecule has 2 aromatic heterocycles. The van der Waals surface area contributed by atoms with Crippen molar-refractivity contribution in [3.8, 4) is 28.6 Å². The van der Waals surface area contributed by atoms with Crippen LogP contribution in [0, 0.1) is 11.6 Å². The minimum absolute atomic E-state index is 0.0693. The summed E-state index contributed by atoms with van der Waals surface area (Å²) in [7, 11) is -3.04. The van der Waals surface area contributed by atoms with Crippen LogP contribution in [-0.4, -0.2) is 76.1 Å². The van der Waals surface area contributed by atoms with Gasteiger partial charge in [-0.05, 0) is 50.2 Å². The molecule has 2 aliphatic rings. The molecular formula is C27H28F2N6O3S. The van der Waals surface area contributed by atoms with Crippen molar-refractivity contribution < 1.29 is 21.9 Å². The van der Waals surface area contributed by atoms with E-state index < -0.39 is 21.5 Å². The van der Waals surface area contributed by atoms with Crippen molar-refractivity contribution in [1.82, 2.24) is 29.4 Å². The van der Waals surface area contributed by atoms with E-state index in [1.165, 1.54) is 29.4 Å². The molecule has 1 saturated heterocycles. The second kappa shape index (κ2) is 10.2. The maximum absolute atomic E-state index is 14.8. The van der Waals surface area contributed by atoms with E-state index in [-0.39, 0.29) is 17.4 Å². The maximum Gasteiger partial charge on any atom is 0.254 e. The van der Waals surface area contributed by atoms with Gasteiger partial charge in [-0.1, -0.05) is 12.1 Å². The number of sulfone groups is 1. The molecule has 0 bridgehead atoms. The summed E-state index contributed by atoms with van der Waals surface area (Å²) in [6.07, 6.45) is 4.81. The van der Waals surface area contributed by atoms with E-state index in [4.69, 9.17) is 9.84 Å². The number of ether oxygens (including phenoxy) is 1. The summed E-state index contributed by atoms with van der Waals surface area (Å²) in [5, 5.41) is 9.28. The number of rotatable bonds is 6. The van der Waals surface area contributed by atoms with E-state index in [0.29, 0.717) is 25.5 Å². The number of likely N-dealkylation sites (tertiary alicyclic amines) is 1. The average molecular weight is 555 g/mol. The largest absolute Gasteiger partial charge is 0.493 e. The molecule has 0 saturated carbocycles. The summed E-state index contributed by atoms with van der Waals surface area (Å²) in [6, 6.07) is 11.1. The topological polar surface area (TPSA) is 95.1 Å². The Labute approximate surface area is 225 Å². The third-order valence-electron chi connectivity index (χ3n) is 7.38. The Morgan fingerprint density at radius 3 is 2.64 bits per heavy atom. The van der Waals surface area contributed by atoms with Gasteiger partial charge in [0.2, 0.25) is 0 Å². The molecule has 0 radical (unpaired) electrons. The van der Waals surface area contributed by atoms with Crippen LogP contribution in [0.3, 0.4) is 0 Å². The number of para-hydroxylation sites is 1. The molecule has 4 heterocycles. The fourth-order valence-corrected chi connectivity index (χ4v) is 6.07. The Hall–Kier alpha value is -3.64. The lowest BCUT2D eigenvalue weighted by Gasteiger charge is -2.32. The summed E-state index contributed by atoms with van der Waals surface area (Å²) in [4.78, 5) is 6.63. The number of fused-ring (bicyclic) bond motifs is 3. The van der Waals surface area contributed by atoms with Gasteiger partial charge in [0.05, 0.1) is 18.1 Å². The first kappa shape index (κ1) is 25.6. The molecule has 6 rings (SSSR count). The summed E-state index contributed by atoms with van der Waals surface area (Å²) in [5.41, 5.74) is 3.73. The number of hydrogen-bond donors (Lipinski definition) is 0. The molecule has 1 fully saturated rings. The standard InChI is InChI=1S/C27H28F2N6O3S/c1-39(36,37)15-13-33-11-8-18(9-12-33)26-21-10-14-38-24-5-3-2-4-20(24)25(21)32-35(26)27-30-17-31-34(27)23-7-6-19(28)16-22(23)29/h2-7,16-18H,8-15H2,1H3. The van der Waals surface area contributed by atoms with E-state index in [2.05, 4.69) is 15.0 Å². The van der Waals surface area contributed by atoms with Crippen molar-refractivity contribution in [2.45, 2.75) is 25.2 Å². The molecule has 0 spiro atoms. The number of halogens is 2. The molecule has 0 amide bonds. The Kier molecular flexibility index (Phi) is 6.67. The summed E-state index contributed by atoms with van der Waals surface area (Å²) in [5.74, 6) is -0.149. The molecule has 0 aliphatic carbocycles. The fraction of sp³-hybridized carbons (Fsp3) is 0.370. The fourth-order valence-electron chi connectivity index (χ4n) is 5.48. The lowest BCUT2D eigenvalue weighted by Crippen LogP contribution is -2.36. The highest BCUT2D eigenvalue weighted by Gasteiger charge is 2.33. The van der Waals surface area contributed by atoms with Crippen LogP contribution in [0.2, 0.25) is 0 Å². The quantitative estimate of drug-likeness (QED) is 0.360. The van der Waals surface area contributed by atoms with E-state index in [1.807, 2.05) is 24.3 Å². The molecule has 0 unspecified atom stereocenters. The van der Waals surface area contributed by atoms with Gasteiger partial charge in [-0.25, -0.2) is 21.9 Å². The Morgan fingerprint density at radius 2 is 1.87 bits per heavy atom. The Morgan fingerprint density at radius 1 is 1.08 bits per heavy atom. The zero-order chi connectivity index (χ0) is 27.1. The maximum atomic E-state index is 14.8. The van der Waals surface area contributed by atoms with Crippen LogP contribution >= 0.6 is 0 Å². The molecule has 2 aromatic carbocycles. The smallest absolute Gasteiger partial charge is 0.254 e. The van der Waals surface area contributed by atoms with Crippen molar-refractivity contribution in [2.24, 2.45) is 0 Å². The molecule has 9 nitrogen and oxygen atoms in total. The van der Waals surface area contributed by atoms with Crippen molar-refractivity contribution in [2.75, 3.05) is 38.2 Å². The van der Waals surface area contributed by atoms with Gasteiger partial charge in [0.25, 0.3) is 5.95 Å². The highest BCUT2D eigenvalue weighted by molar-refractivity contribution is 7.90. The van der Waals surface area contributed by atoms with Crippen molar-refractivity contribution >= 4 is 9.84 Å². The van der Waals surface area contributed by atoms with Crippen LogP contribution in [0.4, 0.5) is 8.78 Å². The molecule has 4 aromatic rings. The molecule has 2 aliphatic heterocycles. The van der Waals surface area contributed by atoms with Gasteiger partial charge < -0.3 is 9.64 Å². The zero-order valence-electron chi connectivity index (χ0n) is 21.4. The predicted octanol–water partition coefficient (Wildman–Crippen LogP) is 3.56. The SMILES string of the molecule is CS(=O)(=O)CCN1CCC(c2c3c(nn2-c2ncnn2-c2ccc(F)cc2F)-c2ccccc2OCC3)CC1. The third kappa shape index (κ3) is 5.06. The number of hydrogen-bond acceptors (Lipinski definition) is 7. The van der Waals surface area contributed by atoms with E-state index >= 15 is 0 Å². The van der Waals surface area contributed by atoms with E-state index in [0.717, 1.165) is 60.3 Å². The molecular weight excluding hydrogens is 526 g/mol. The van der Waals surface area contributed by atoms with E-state index in [1.54, 1.807) is 4.68 Å². The summed E-state index contributed by atoms with van der Waals surface area (Å²) < 4.78 is 60.9.